The molecule has 0 aliphatic rings. The SMILES string of the molecule is CCCNC(CCOC)c1ccc(C)cc1. The van der Waals surface area contributed by atoms with Gasteiger partial charge in [-0.3, -0.25) is 0 Å². The molecule has 0 fully saturated rings. The van der Waals surface area contributed by atoms with Gasteiger partial charge >= 0.3 is 0 Å². The monoisotopic (exact) mass is 221 g/mol. The van der Waals surface area contributed by atoms with Crippen molar-refractivity contribution in [2.45, 2.75) is 32.7 Å². The Morgan fingerprint density at radius 2 is 1.94 bits per heavy atom. The first-order chi connectivity index (χ1) is 7.77. The first-order valence-corrected chi connectivity index (χ1v) is 6.06. The lowest BCUT2D eigenvalue weighted by molar-refractivity contribution is 0.183. The summed E-state index contributed by atoms with van der Waals surface area (Å²) in [4.78, 5) is 0. The molecule has 2 heteroatoms. The topological polar surface area (TPSA) is 21.3 Å². The Bertz CT molecular complexity index is 273. The molecule has 0 radical (unpaired) electrons. The highest BCUT2D eigenvalue weighted by atomic mass is 16.5. The van der Waals surface area contributed by atoms with E-state index < -0.39 is 0 Å². The lowest BCUT2D eigenvalue weighted by Gasteiger charge is -2.18. The van der Waals surface area contributed by atoms with E-state index in [4.69, 9.17) is 4.74 Å². The van der Waals surface area contributed by atoms with Crippen molar-refractivity contribution >= 4 is 0 Å². The Morgan fingerprint density at radius 1 is 1.25 bits per heavy atom. The van der Waals surface area contributed by atoms with E-state index in [0.29, 0.717) is 6.04 Å². The fraction of sp³-hybridized carbons (Fsp3) is 0.571. The van der Waals surface area contributed by atoms with Crippen LogP contribution in [0.15, 0.2) is 24.3 Å². The molecule has 0 aromatic heterocycles. The predicted molar refractivity (Wildman–Crippen MR) is 68.7 cm³/mol. The molecule has 0 spiro atoms. The zero-order valence-electron chi connectivity index (χ0n) is 10.6. The van der Waals surface area contributed by atoms with Gasteiger partial charge in [0, 0.05) is 19.8 Å². The maximum absolute atomic E-state index is 5.16. The van der Waals surface area contributed by atoms with Crippen molar-refractivity contribution in [3.8, 4) is 0 Å². The van der Waals surface area contributed by atoms with Crippen molar-refractivity contribution in [2.24, 2.45) is 0 Å². The Hall–Kier alpha value is -0.860. The Balaban J connectivity index is 2.62. The van der Waals surface area contributed by atoms with Crippen molar-refractivity contribution in [3.05, 3.63) is 35.4 Å². The number of hydrogen-bond acceptors (Lipinski definition) is 2. The number of benzene rings is 1. The minimum absolute atomic E-state index is 0.417. The second kappa shape index (κ2) is 7.42. The third-order valence-corrected chi connectivity index (χ3v) is 2.73. The molecule has 16 heavy (non-hydrogen) atoms. The number of rotatable bonds is 7. The normalized spacial score (nSPS) is 12.7. The van der Waals surface area contributed by atoms with Crippen LogP contribution in [0.5, 0.6) is 0 Å². The minimum atomic E-state index is 0.417. The van der Waals surface area contributed by atoms with Crippen LogP contribution in [-0.2, 0) is 4.74 Å². The average Bonchev–Trinajstić information content (AvgIpc) is 2.31. The summed E-state index contributed by atoms with van der Waals surface area (Å²) in [6, 6.07) is 9.17. The first-order valence-electron chi connectivity index (χ1n) is 6.06. The van der Waals surface area contributed by atoms with Crippen LogP contribution in [-0.4, -0.2) is 20.3 Å². The summed E-state index contributed by atoms with van der Waals surface area (Å²) in [6.07, 6.45) is 2.19. The molecule has 0 saturated heterocycles. The van der Waals surface area contributed by atoms with Crippen molar-refractivity contribution in [1.29, 1.82) is 0 Å². The van der Waals surface area contributed by atoms with E-state index in [0.717, 1.165) is 26.0 Å². The Labute approximate surface area is 99.0 Å². The van der Waals surface area contributed by atoms with Gasteiger partial charge in [0.1, 0.15) is 0 Å². The Kier molecular flexibility index (Phi) is 6.12. The summed E-state index contributed by atoms with van der Waals surface area (Å²) in [5.41, 5.74) is 2.67. The summed E-state index contributed by atoms with van der Waals surface area (Å²) in [5, 5.41) is 3.56. The van der Waals surface area contributed by atoms with Gasteiger partial charge in [-0.2, -0.15) is 0 Å². The smallest absolute Gasteiger partial charge is 0.0480 e. The van der Waals surface area contributed by atoms with Gasteiger partial charge in [-0.05, 0) is 31.9 Å². The molecule has 0 bridgehead atoms. The number of nitrogens with one attached hydrogen (secondary N) is 1. The molecule has 1 N–H and O–H groups in total. The molecule has 1 atom stereocenters. The van der Waals surface area contributed by atoms with Crippen molar-refractivity contribution < 1.29 is 4.74 Å². The van der Waals surface area contributed by atoms with Crippen LogP contribution >= 0.6 is 0 Å². The average molecular weight is 221 g/mol. The zero-order chi connectivity index (χ0) is 11.8. The van der Waals surface area contributed by atoms with Gasteiger partial charge in [0.2, 0.25) is 0 Å². The first kappa shape index (κ1) is 13.2. The van der Waals surface area contributed by atoms with Crippen LogP contribution in [0.2, 0.25) is 0 Å². The lowest BCUT2D eigenvalue weighted by atomic mass is 10.0. The summed E-state index contributed by atoms with van der Waals surface area (Å²) >= 11 is 0. The van der Waals surface area contributed by atoms with Crippen LogP contribution in [0.1, 0.15) is 36.9 Å². The lowest BCUT2D eigenvalue weighted by Crippen LogP contribution is -2.23. The molecule has 1 unspecified atom stereocenters. The van der Waals surface area contributed by atoms with Crippen LogP contribution in [0.25, 0.3) is 0 Å². The summed E-state index contributed by atoms with van der Waals surface area (Å²) in [6.45, 7) is 6.17. The molecule has 0 amide bonds. The Morgan fingerprint density at radius 3 is 2.50 bits per heavy atom. The quantitative estimate of drug-likeness (QED) is 0.764. The molecule has 0 heterocycles. The van der Waals surface area contributed by atoms with E-state index in [9.17, 15) is 0 Å². The molecular weight excluding hydrogens is 198 g/mol. The number of aryl methyl sites for hydroxylation is 1. The minimum Gasteiger partial charge on any atom is -0.385 e. The van der Waals surface area contributed by atoms with Gasteiger partial charge in [-0.25, -0.2) is 0 Å². The van der Waals surface area contributed by atoms with E-state index in [-0.39, 0.29) is 0 Å². The van der Waals surface area contributed by atoms with Gasteiger partial charge < -0.3 is 10.1 Å². The third kappa shape index (κ3) is 4.33. The largest absolute Gasteiger partial charge is 0.385 e. The number of hydrogen-bond donors (Lipinski definition) is 1. The fourth-order valence-corrected chi connectivity index (χ4v) is 1.74. The summed E-state index contributed by atoms with van der Waals surface area (Å²) < 4.78 is 5.16. The number of methoxy groups -OCH3 is 1. The fourth-order valence-electron chi connectivity index (χ4n) is 1.74. The van der Waals surface area contributed by atoms with E-state index in [1.54, 1.807) is 7.11 Å². The predicted octanol–water partition coefficient (Wildman–Crippen LogP) is 3.07. The molecule has 1 aromatic rings. The van der Waals surface area contributed by atoms with Gasteiger partial charge in [-0.15, -0.1) is 0 Å². The molecule has 1 rings (SSSR count). The highest BCUT2D eigenvalue weighted by Gasteiger charge is 2.09. The van der Waals surface area contributed by atoms with Gasteiger partial charge in [0.15, 0.2) is 0 Å². The van der Waals surface area contributed by atoms with Crippen molar-refractivity contribution in [2.75, 3.05) is 20.3 Å². The molecule has 2 nitrogen and oxygen atoms in total. The van der Waals surface area contributed by atoms with E-state index >= 15 is 0 Å². The second-order valence-corrected chi connectivity index (χ2v) is 4.20. The van der Waals surface area contributed by atoms with Crippen LogP contribution < -0.4 is 5.32 Å². The van der Waals surface area contributed by atoms with Crippen LogP contribution in [0.4, 0.5) is 0 Å². The standard InChI is InChI=1S/C14H23NO/c1-4-10-15-14(9-11-16-3)13-7-5-12(2)6-8-13/h5-8,14-15H,4,9-11H2,1-3H3. The molecule has 90 valence electrons. The van der Waals surface area contributed by atoms with Gasteiger partial charge in [0.05, 0.1) is 0 Å². The summed E-state index contributed by atoms with van der Waals surface area (Å²) in [7, 11) is 1.76. The molecule has 0 saturated carbocycles. The van der Waals surface area contributed by atoms with Crippen LogP contribution in [0, 0.1) is 6.92 Å². The van der Waals surface area contributed by atoms with Crippen molar-refractivity contribution in [1.82, 2.24) is 5.32 Å². The maximum atomic E-state index is 5.16. The molecule has 0 aliphatic carbocycles. The molecule has 0 aliphatic heterocycles. The number of ether oxygens (including phenoxy) is 1. The van der Waals surface area contributed by atoms with Gasteiger partial charge in [0.25, 0.3) is 0 Å². The molecular formula is C14H23NO. The van der Waals surface area contributed by atoms with E-state index in [1.165, 1.54) is 11.1 Å². The van der Waals surface area contributed by atoms with Crippen LogP contribution in [0.3, 0.4) is 0 Å². The van der Waals surface area contributed by atoms with Crippen molar-refractivity contribution in [3.63, 3.8) is 0 Å². The second-order valence-electron chi connectivity index (χ2n) is 4.20. The highest BCUT2D eigenvalue weighted by molar-refractivity contribution is 5.24. The summed E-state index contributed by atoms with van der Waals surface area (Å²) in [5.74, 6) is 0. The van der Waals surface area contributed by atoms with Gasteiger partial charge in [-0.1, -0.05) is 36.8 Å². The van der Waals surface area contributed by atoms with E-state index in [2.05, 4.69) is 43.4 Å². The van der Waals surface area contributed by atoms with E-state index in [1.807, 2.05) is 0 Å². The molecule has 1 aromatic carbocycles. The maximum Gasteiger partial charge on any atom is 0.0480 e. The highest BCUT2D eigenvalue weighted by Crippen LogP contribution is 2.17. The zero-order valence-corrected chi connectivity index (χ0v) is 10.6. The third-order valence-electron chi connectivity index (χ3n) is 2.73.